The van der Waals surface area contributed by atoms with Gasteiger partial charge < -0.3 is 8.98 Å². The number of rotatable bonds is 2. The van der Waals surface area contributed by atoms with Crippen molar-refractivity contribution >= 4 is 21.7 Å². The highest BCUT2D eigenvalue weighted by atomic mass is 19.1. The Morgan fingerprint density at radius 2 is 1.65 bits per heavy atom. The summed E-state index contributed by atoms with van der Waals surface area (Å²) in [5.74, 6) is -0.612. The first kappa shape index (κ1) is 13.7. The van der Waals surface area contributed by atoms with E-state index < -0.39 is 11.6 Å². The van der Waals surface area contributed by atoms with Crippen LogP contribution >= 0.6 is 0 Å². The van der Waals surface area contributed by atoms with Crippen molar-refractivity contribution in [2.45, 2.75) is 6.54 Å². The molecule has 0 aliphatic rings. The third-order valence-corrected chi connectivity index (χ3v) is 3.92. The molecule has 0 saturated heterocycles. The van der Waals surface area contributed by atoms with E-state index in [1.165, 1.54) is 41.2 Å². The summed E-state index contributed by atoms with van der Waals surface area (Å²) in [4.78, 5) is 12.8. The normalized spacial score (nSPS) is 11.4. The van der Waals surface area contributed by atoms with Gasteiger partial charge in [-0.05, 0) is 36.4 Å². The first-order chi connectivity index (χ1) is 11.2. The minimum Gasteiger partial charge on any atom is -0.467 e. The molecule has 0 radical (unpaired) electrons. The molecular formula is C18H11F2NO2. The first-order valence-corrected chi connectivity index (χ1v) is 7.08. The lowest BCUT2D eigenvalue weighted by Gasteiger charge is -2.13. The number of hydrogen-bond acceptors (Lipinski definition) is 2. The molecule has 0 spiro atoms. The molecule has 0 bridgehead atoms. The second-order valence-electron chi connectivity index (χ2n) is 5.27. The molecule has 0 saturated carbocycles. The number of benzene rings is 2. The predicted molar refractivity (Wildman–Crippen MR) is 83.4 cm³/mol. The molecule has 2 aromatic carbocycles. The maximum atomic E-state index is 14.4. The van der Waals surface area contributed by atoms with Crippen molar-refractivity contribution in [1.29, 1.82) is 0 Å². The van der Waals surface area contributed by atoms with Gasteiger partial charge in [0.1, 0.15) is 17.4 Å². The minimum atomic E-state index is -0.611. The fourth-order valence-corrected chi connectivity index (χ4v) is 2.91. The molecule has 3 nitrogen and oxygen atoms in total. The molecule has 0 atom stereocenters. The Morgan fingerprint density at radius 3 is 2.39 bits per heavy atom. The first-order valence-electron chi connectivity index (χ1n) is 7.08. The summed E-state index contributed by atoms with van der Waals surface area (Å²) in [7, 11) is 0. The van der Waals surface area contributed by atoms with Crippen LogP contribution in [-0.4, -0.2) is 4.57 Å². The van der Waals surface area contributed by atoms with Crippen LogP contribution in [0.2, 0.25) is 0 Å². The Balaban J connectivity index is 2.19. The van der Waals surface area contributed by atoms with Gasteiger partial charge >= 0.3 is 0 Å². The van der Waals surface area contributed by atoms with E-state index in [2.05, 4.69) is 0 Å². The molecule has 2 aromatic heterocycles. The Labute approximate surface area is 129 Å². The van der Waals surface area contributed by atoms with Gasteiger partial charge in [-0.2, -0.15) is 0 Å². The number of halogens is 2. The average molecular weight is 311 g/mol. The van der Waals surface area contributed by atoms with Gasteiger partial charge in [-0.1, -0.05) is 12.1 Å². The summed E-state index contributed by atoms with van der Waals surface area (Å²) >= 11 is 0. The summed E-state index contributed by atoms with van der Waals surface area (Å²) in [5, 5.41) is 0.266. The number of furan rings is 1. The molecule has 0 N–H and O–H groups in total. The lowest BCUT2D eigenvalue weighted by atomic mass is 10.0. The van der Waals surface area contributed by atoms with Gasteiger partial charge in [0.25, 0.3) is 5.56 Å². The number of fused-ring (bicyclic) bond motifs is 3. The quantitative estimate of drug-likeness (QED) is 0.523. The van der Waals surface area contributed by atoms with Crippen molar-refractivity contribution in [3.8, 4) is 0 Å². The van der Waals surface area contributed by atoms with Crippen LogP contribution in [0.15, 0.2) is 64.0 Å². The van der Waals surface area contributed by atoms with E-state index >= 15 is 0 Å². The highest BCUT2D eigenvalue weighted by Crippen LogP contribution is 2.28. The smallest absolute Gasteiger partial charge is 0.259 e. The van der Waals surface area contributed by atoms with Crippen LogP contribution in [-0.2, 0) is 6.54 Å². The Morgan fingerprint density at radius 1 is 0.913 bits per heavy atom. The summed E-state index contributed by atoms with van der Waals surface area (Å²) in [6.45, 7) is 0.151. The third-order valence-electron chi connectivity index (χ3n) is 3.92. The maximum Gasteiger partial charge on any atom is 0.259 e. The van der Waals surface area contributed by atoms with Gasteiger partial charge in [0, 0.05) is 10.8 Å². The largest absolute Gasteiger partial charge is 0.467 e. The molecule has 0 amide bonds. The molecule has 0 unspecified atom stereocenters. The van der Waals surface area contributed by atoms with Crippen LogP contribution in [0.5, 0.6) is 0 Å². The summed E-state index contributed by atoms with van der Waals surface area (Å²) in [6.07, 6.45) is 1.50. The molecule has 0 aliphatic carbocycles. The summed E-state index contributed by atoms with van der Waals surface area (Å²) < 4.78 is 35.3. The number of aromatic nitrogens is 1. The van der Waals surface area contributed by atoms with Gasteiger partial charge in [0.05, 0.1) is 23.7 Å². The molecule has 5 heteroatoms. The molecular weight excluding hydrogens is 300 g/mol. The van der Waals surface area contributed by atoms with Crippen LogP contribution in [0, 0.1) is 11.6 Å². The van der Waals surface area contributed by atoms with Gasteiger partial charge in [0.15, 0.2) is 0 Å². The minimum absolute atomic E-state index is 0.0151. The van der Waals surface area contributed by atoms with E-state index in [-0.39, 0.29) is 28.3 Å². The maximum absolute atomic E-state index is 14.4. The summed E-state index contributed by atoms with van der Waals surface area (Å²) in [6, 6.07) is 12.0. The Kier molecular flexibility index (Phi) is 3.01. The molecule has 0 aliphatic heterocycles. The van der Waals surface area contributed by atoms with E-state index in [1.807, 2.05) is 0 Å². The predicted octanol–water partition coefficient (Wildman–Crippen LogP) is 4.07. The Hall–Kier alpha value is -2.95. The van der Waals surface area contributed by atoms with E-state index in [0.29, 0.717) is 11.3 Å². The van der Waals surface area contributed by atoms with Crippen LogP contribution in [0.1, 0.15) is 5.76 Å². The number of hydrogen-bond donors (Lipinski definition) is 0. The van der Waals surface area contributed by atoms with Gasteiger partial charge in [-0.25, -0.2) is 8.78 Å². The van der Waals surface area contributed by atoms with Crippen LogP contribution in [0.4, 0.5) is 8.78 Å². The standard InChI is InChI=1S/C18H11F2NO2/c19-13-6-1-5-12-16(13)17-14(20)7-2-8-15(17)21(18(12)22)10-11-4-3-9-23-11/h1-9H,10H2. The SMILES string of the molecule is O=c1c2cccc(F)c2c2c(F)cccc2n1Cc1ccco1. The highest BCUT2D eigenvalue weighted by Gasteiger charge is 2.17. The monoisotopic (exact) mass is 311 g/mol. The molecule has 23 heavy (non-hydrogen) atoms. The third kappa shape index (κ3) is 2.04. The summed E-state index contributed by atoms with van der Waals surface area (Å²) in [5.41, 5.74) is -0.0435. The fraction of sp³-hybridized carbons (Fsp3) is 0.0556. The zero-order chi connectivity index (χ0) is 16.0. The van der Waals surface area contributed by atoms with Gasteiger partial charge in [-0.3, -0.25) is 4.79 Å². The van der Waals surface area contributed by atoms with Crippen molar-refractivity contribution in [3.05, 3.63) is 82.5 Å². The molecule has 2 heterocycles. The molecule has 4 aromatic rings. The lowest BCUT2D eigenvalue weighted by molar-refractivity contribution is 0.494. The van der Waals surface area contributed by atoms with Crippen LogP contribution in [0.3, 0.4) is 0 Å². The van der Waals surface area contributed by atoms with E-state index in [9.17, 15) is 13.6 Å². The van der Waals surface area contributed by atoms with Crippen molar-refractivity contribution in [3.63, 3.8) is 0 Å². The number of pyridine rings is 1. The number of nitrogens with zero attached hydrogens (tertiary/aromatic N) is 1. The zero-order valence-corrected chi connectivity index (χ0v) is 11.9. The fourth-order valence-electron chi connectivity index (χ4n) is 2.91. The second-order valence-corrected chi connectivity index (χ2v) is 5.27. The van der Waals surface area contributed by atoms with E-state index in [4.69, 9.17) is 4.42 Å². The highest BCUT2D eigenvalue weighted by molar-refractivity contribution is 6.06. The second kappa shape index (κ2) is 5.05. The molecule has 0 fully saturated rings. The van der Waals surface area contributed by atoms with E-state index in [0.717, 1.165) is 0 Å². The van der Waals surface area contributed by atoms with Crippen LogP contribution in [0.25, 0.3) is 21.7 Å². The average Bonchev–Trinajstić information content (AvgIpc) is 3.05. The zero-order valence-electron chi connectivity index (χ0n) is 11.9. The lowest BCUT2D eigenvalue weighted by Crippen LogP contribution is -2.22. The van der Waals surface area contributed by atoms with Crippen LogP contribution < -0.4 is 5.56 Å². The van der Waals surface area contributed by atoms with E-state index in [1.54, 1.807) is 18.2 Å². The Bertz CT molecular complexity index is 1080. The van der Waals surface area contributed by atoms with Crippen molar-refractivity contribution in [2.75, 3.05) is 0 Å². The van der Waals surface area contributed by atoms with Gasteiger partial charge in [0.2, 0.25) is 0 Å². The van der Waals surface area contributed by atoms with Crippen molar-refractivity contribution < 1.29 is 13.2 Å². The molecule has 4 rings (SSSR count). The topological polar surface area (TPSA) is 35.1 Å². The molecule has 114 valence electrons. The van der Waals surface area contributed by atoms with Gasteiger partial charge in [-0.15, -0.1) is 0 Å². The van der Waals surface area contributed by atoms with Crippen molar-refractivity contribution in [2.24, 2.45) is 0 Å². The van der Waals surface area contributed by atoms with Crippen molar-refractivity contribution in [1.82, 2.24) is 4.57 Å².